The molecule has 1 N–H and O–H groups in total. The van der Waals surface area contributed by atoms with Gasteiger partial charge >= 0.3 is 0 Å². The molecule has 0 spiro atoms. The van der Waals surface area contributed by atoms with E-state index in [1.165, 1.54) is 0 Å². The van der Waals surface area contributed by atoms with Gasteiger partial charge in [-0.1, -0.05) is 34.1 Å². The first kappa shape index (κ1) is 13.1. The van der Waals surface area contributed by atoms with Crippen LogP contribution in [0.25, 0.3) is 0 Å². The largest absolute Gasteiger partial charge is 0.389 e. The summed E-state index contributed by atoms with van der Waals surface area (Å²) in [6.45, 7) is 1.78. The molecule has 0 heterocycles. The topological polar surface area (TPSA) is 23.5 Å². The average molecular weight is 306 g/mol. The van der Waals surface area contributed by atoms with E-state index in [0.29, 0.717) is 0 Å². The SMILES string of the molecule is CC(O)c1cc(Br)ccc1N(C)c1ccccc1. The summed E-state index contributed by atoms with van der Waals surface area (Å²) in [5, 5.41) is 9.88. The van der Waals surface area contributed by atoms with E-state index in [-0.39, 0.29) is 0 Å². The first-order chi connectivity index (χ1) is 8.59. The Morgan fingerprint density at radius 1 is 1.11 bits per heavy atom. The van der Waals surface area contributed by atoms with Crippen molar-refractivity contribution in [3.8, 4) is 0 Å². The highest BCUT2D eigenvalue weighted by Gasteiger charge is 2.13. The maximum absolute atomic E-state index is 9.88. The van der Waals surface area contributed by atoms with Crippen molar-refractivity contribution in [1.82, 2.24) is 0 Å². The van der Waals surface area contributed by atoms with Gasteiger partial charge in [0.1, 0.15) is 0 Å². The molecule has 0 fully saturated rings. The molecule has 0 aromatic heterocycles. The number of halogens is 1. The predicted molar refractivity (Wildman–Crippen MR) is 79.3 cm³/mol. The van der Waals surface area contributed by atoms with Crippen LogP contribution in [0.3, 0.4) is 0 Å². The molecular weight excluding hydrogens is 290 g/mol. The number of anilines is 2. The summed E-state index contributed by atoms with van der Waals surface area (Å²) >= 11 is 3.44. The number of hydrogen-bond acceptors (Lipinski definition) is 2. The molecule has 1 unspecified atom stereocenters. The zero-order valence-electron chi connectivity index (χ0n) is 10.5. The van der Waals surface area contributed by atoms with Gasteiger partial charge in [-0.25, -0.2) is 0 Å². The van der Waals surface area contributed by atoms with Crippen LogP contribution in [0.1, 0.15) is 18.6 Å². The summed E-state index contributed by atoms with van der Waals surface area (Å²) in [6.07, 6.45) is -0.497. The second-order valence-electron chi connectivity index (χ2n) is 4.27. The van der Waals surface area contributed by atoms with Crippen molar-refractivity contribution >= 4 is 27.3 Å². The number of benzene rings is 2. The Morgan fingerprint density at radius 3 is 2.39 bits per heavy atom. The van der Waals surface area contributed by atoms with Gasteiger partial charge in [0.2, 0.25) is 0 Å². The second-order valence-corrected chi connectivity index (χ2v) is 5.19. The van der Waals surface area contributed by atoms with Gasteiger partial charge in [0.05, 0.1) is 6.10 Å². The lowest BCUT2D eigenvalue weighted by molar-refractivity contribution is 0.199. The molecule has 2 aromatic carbocycles. The molecule has 0 amide bonds. The van der Waals surface area contributed by atoms with E-state index in [2.05, 4.69) is 20.8 Å². The van der Waals surface area contributed by atoms with Crippen LogP contribution in [-0.4, -0.2) is 12.2 Å². The van der Waals surface area contributed by atoms with Crippen LogP contribution >= 0.6 is 15.9 Å². The Bertz CT molecular complexity index is 525. The maximum atomic E-state index is 9.88. The minimum Gasteiger partial charge on any atom is -0.389 e. The highest BCUT2D eigenvalue weighted by atomic mass is 79.9. The molecule has 0 saturated heterocycles. The van der Waals surface area contributed by atoms with Crippen LogP contribution in [-0.2, 0) is 0 Å². The molecule has 2 nitrogen and oxygen atoms in total. The van der Waals surface area contributed by atoms with Gasteiger partial charge in [-0.15, -0.1) is 0 Å². The number of rotatable bonds is 3. The Kier molecular flexibility index (Phi) is 4.04. The smallest absolute Gasteiger partial charge is 0.0782 e. The quantitative estimate of drug-likeness (QED) is 0.915. The van der Waals surface area contributed by atoms with Gasteiger partial charge in [0, 0.05) is 28.5 Å². The van der Waals surface area contributed by atoms with Crippen molar-refractivity contribution in [2.75, 3.05) is 11.9 Å². The molecule has 0 bridgehead atoms. The van der Waals surface area contributed by atoms with Crippen molar-refractivity contribution in [1.29, 1.82) is 0 Å². The van der Waals surface area contributed by atoms with E-state index < -0.39 is 6.10 Å². The lowest BCUT2D eigenvalue weighted by Gasteiger charge is -2.24. The Morgan fingerprint density at radius 2 is 1.78 bits per heavy atom. The molecular formula is C15H16BrNO. The number of nitrogens with zero attached hydrogens (tertiary/aromatic N) is 1. The molecule has 3 heteroatoms. The van der Waals surface area contributed by atoms with Gasteiger partial charge < -0.3 is 10.0 Å². The molecule has 1 atom stereocenters. The van der Waals surface area contributed by atoms with Crippen LogP contribution in [0.4, 0.5) is 11.4 Å². The number of aliphatic hydroxyl groups excluding tert-OH is 1. The zero-order chi connectivity index (χ0) is 13.1. The Balaban J connectivity index is 2.45. The highest BCUT2D eigenvalue weighted by molar-refractivity contribution is 9.10. The van der Waals surface area contributed by atoms with Crippen LogP contribution < -0.4 is 4.90 Å². The Labute approximate surface area is 116 Å². The number of hydrogen-bond donors (Lipinski definition) is 1. The monoisotopic (exact) mass is 305 g/mol. The minimum absolute atomic E-state index is 0.497. The molecule has 0 aliphatic rings. The van der Waals surface area contributed by atoms with Crippen molar-refractivity contribution in [2.45, 2.75) is 13.0 Å². The summed E-state index contributed by atoms with van der Waals surface area (Å²) in [5.74, 6) is 0. The molecule has 2 rings (SSSR count). The fourth-order valence-electron chi connectivity index (χ4n) is 1.96. The third kappa shape index (κ3) is 2.74. The maximum Gasteiger partial charge on any atom is 0.0782 e. The molecule has 2 aromatic rings. The summed E-state index contributed by atoms with van der Waals surface area (Å²) < 4.78 is 0.976. The fourth-order valence-corrected chi connectivity index (χ4v) is 2.33. The average Bonchev–Trinajstić information content (AvgIpc) is 2.39. The van der Waals surface area contributed by atoms with E-state index >= 15 is 0 Å². The molecule has 18 heavy (non-hydrogen) atoms. The molecule has 0 radical (unpaired) electrons. The molecule has 0 aliphatic heterocycles. The predicted octanol–water partition coefficient (Wildman–Crippen LogP) is 4.27. The highest BCUT2D eigenvalue weighted by Crippen LogP contribution is 2.32. The van der Waals surface area contributed by atoms with Crippen LogP contribution in [0.5, 0.6) is 0 Å². The fraction of sp³-hybridized carbons (Fsp3) is 0.200. The Hall–Kier alpha value is -1.32. The van der Waals surface area contributed by atoms with Gasteiger partial charge in [-0.05, 0) is 37.3 Å². The zero-order valence-corrected chi connectivity index (χ0v) is 12.1. The molecule has 0 saturated carbocycles. The summed E-state index contributed by atoms with van der Waals surface area (Å²) in [6, 6.07) is 16.1. The lowest BCUT2D eigenvalue weighted by Crippen LogP contribution is -2.12. The summed E-state index contributed by atoms with van der Waals surface area (Å²) in [5.41, 5.74) is 3.02. The van der Waals surface area contributed by atoms with Crippen molar-refractivity contribution in [3.63, 3.8) is 0 Å². The number of aliphatic hydroxyl groups is 1. The third-order valence-corrected chi connectivity index (χ3v) is 3.44. The van der Waals surface area contributed by atoms with Gasteiger partial charge in [-0.2, -0.15) is 0 Å². The van der Waals surface area contributed by atoms with E-state index in [0.717, 1.165) is 21.4 Å². The lowest BCUT2D eigenvalue weighted by atomic mass is 10.1. The van der Waals surface area contributed by atoms with E-state index in [1.807, 2.05) is 55.6 Å². The van der Waals surface area contributed by atoms with Crippen molar-refractivity contribution in [3.05, 3.63) is 58.6 Å². The standard InChI is InChI=1S/C15H16BrNO/c1-11(18)14-10-12(16)8-9-15(14)17(2)13-6-4-3-5-7-13/h3-11,18H,1-2H3. The normalized spacial score (nSPS) is 12.2. The van der Waals surface area contributed by atoms with Crippen LogP contribution in [0, 0.1) is 0 Å². The van der Waals surface area contributed by atoms with E-state index in [9.17, 15) is 5.11 Å². The minimum atomic E-state index is -0.497. The summed E-state index contributed by atoms with van der Waals surface area (Å²) in [4.78, 5) is 2.08. The van der Waals surface area contributed by atoms with Crippen LogP contribution in [0.2, 0.25) is 0 Å². The van der Waals surface area contributed by atoms with E-state index in [1.54, 1.807) is 6.92 Å². The van der Waals surface area contributed by atoms with Gasteiger partial charge in [0.15, 0.2) is 0 Å². The van der Waals surface area contributed by atoms with Crippen LogP contribution in [0.15, 0.2) is 53.0 Å². The second kappa shape index (κ2) is 5.55. The number of para-hydroxylation sites is 1. The first-order valence-corrected chi connectivity index (χ1v) is 6.65. The summed E-state index contributed by atoms with van der Waals surface area (Å²) in [7, 11) is 2.00. The van der Waals surface area contributed by atoms with E-state index in [4.69, 9.17) is 0 Å². The van der Waals surface area contributed by atoms with Gasteiger partial charge in [-0.3, -0.25) is 0 Å². The molecule has 94 valence electrons. The van der Waals surface area contributed by atoms with Crippen molar-refractivity contribution < 1.29 is 5.11 Å². The van der Waals surface area contributed by atoms with Gasteiger partial charge in [0.25, 0.3) is 0 Å². The first-order valence-electron chi connectivity index (χ1n) is 5.86. The van der Waals surface area contributed by atoms with Crippen molar-refractivity contribution in [2.24, 2.45) is 0 Å². The third-order valence-electron chi connectivity index (χ3n) is 2.94. The molecule has 0 aliphatic carbocycles.